The highest BCUT2D eigenvalue weighted by molar-refractivity contribution is 5.88. The van der Waals surface area contributed by atoms with Gasteiger partial charge < -0.3 is 13.9 Å². The van der Waals surface area contributed by atoms with Crippen LogP contribution in [-0.4, -0.2) is 7.11 Å². The van der Waals surface area contributed by atoms with Crippen LogP contribution in [0.3, 0.4) is 0 Å². The van der Waals surface area contributed by atoms with Gasteiger partial charge in [0.15, 0.2) is 0 Å². The fourth-order valence-electron chi connectivity index (χ4n) is 3.89. The van der Waals surface area contributed by atoms with Crippen molar-refractivity contribution < 1.29 is 13.9 Å². The molecule has 0 amide bonds. The summed E-state index contributed by atoms with van der Waals surface area (Å²) in [6.07, 6.45) is 0.805. The zero-order chi connectivity index (χ0) is 18.4. The van der Waals surface area contributed by atoms with Crippen molar-refractivity contribution in [1.29, 1.82) is 0 Å². The average molecular weight is 356 g/mol. The van der Waals surface area contributed by atoms with Gasteiger partial charge in [-0.3, -0.25) is 0 Å². The summed E-state index contributed by atoms with van der Waals surface area (Å²) in [5.74, 6) is 2.67. The van der Waals surface area contributed by atoms with Gasteiger partial charge in [0.05, 0.1) is 7.11 Å². The number of ether oxygens (including phenoxy) is 2. The molecule has 0 saturated carbocycles. The van der Waals surface area contributed by atoms with E-state index < -0.39 is 5.60 Å². The maximum atomic E-state index is 6.39. The van der Waals surface area contributed by atoms with Crippen molar-refractivity contribution in [3.05, 3.63) is 83.9 Å². The summed E-state index contributed by atoms with van der Waals surface area (Å²) in [6.45, 7) is 2.14. The van der Waals surface area contributed by atoms with E-state index in [1.807, 2.05) is 42.5 Å². The first-order valence-corrected chi connectivity index (χ1v) is 9.11. The predicted octanol–water partition coefficient (Wildman–Crippen LogP) is 5.96. The van der Waals surface area contributed by atoms with Crippen LogP contribution < -0.4 is 9.47 Å². The molecule has 5 rings (SSSR count). The lowest BCUT2D eigenvalue weighted by Crippen LogP contribution is -2.26. The zero-order valence-corrected chi connectivity index (χ0v) is 15.4. The van der Waals surface area contributed by atoms with E-state index in [2.05, 4.69) is 37.3 Å². The van der Waals surface area contributed by atoms with E-state index in [9.17, 15) is 0 Å². The predicted molar refractivity (Wildman–Crippen MR) is 106 cm³/mol. The molecule has 2 heterocycles. The van der Waals surface area contributed by atoms with Gasteiger partial charge in [0.2, 0.25) is 0 Å². The van der Waals surface area contributed by atoms with Gasteiger partial charge in [-0.25, -0.2) is 0 Å². The van der Waals surface area contributed by atoms with Crippen molar-refractivity contribution >= 4 is 11.0 Å². The van der Waals surface area contributed by atoms with Gasteiger partial charge in [0, 0.05) is 22.9 Å². The van der Waals surface area contributed by atoms with Gasteiger partial charge in [-0.1, -0.05) is 42.5 Å². The van der Waals surface area contributed by atoms with Crippen molar-refractivity contribution in [2.75, 3.05) is 7.11 Å². The second kappa shape index (κ2) is 5.92. The molecule has 1 aliphatic heterocycles. The van der Waals surface area contributed by atoms with E-state index in [1.54, 1.807) is 7.11 Å². The molecule has 0 aliphatic carbocycles. The number of benzene rings is 3. The molecule has 1 unspecified atom stereocenters. The lowest BCUT2D eigenvalue weighted by Gasteiger charge is -2.24. The second-order valence-electron chi connectivity index (χ2n) is 7.17. The number of methoxy groups -OCH3 is 1. The molecule has 0 fully saturated rings. The molecule has 3 nitrogen and oxygen atoms in total. The molecule has 134 valence electrons. The Morgan fingerprint density at radius 1 is 0.926 bits per heavy atom. The smallest absolute Gasteiger partial charge is 0.135 e. The molecule has 0 bridgehead atoms. The lowest BCUT2D eigenvalue weighted by atomic mass is 9.90. The van der Waals surface area contributed by atoms with Crippen LogP contribution in [-0.2, 0) is 12.0 Å². The first-order valence-electron chi connectivity index (χ1n) is 9.11. The van der Waals surface area contributed by atoms with Crippen molar-refractivity contribution in [2.24, 2.45) is 0 Å². The quantitative estimate of drug-likeness (QED) is 0.454. The van der Waals surface area contributed by atoms with Crippen LogP contribution in [0.25, 0.3) is 22.3 Å². The number of fused-ring (bicyclic) bond motifs is 3. The van der Waals surface area contributed by atoms with E-state index in [4.69, 9.17) is 13.9 Å². The summed E-state index contributed by atoms with van der Waals surface area (Å²) < 4.78 is 17.8. The van der Waals surface area contributed by atoms with Gasteiger partial charge >= 0.3 is 0 Å². The molecule has 1 aromatic heterocycles. The fraction of sp³-hybridized carbons (Fsp3) is 0.167. The summed E-state index contributed by atoms with van der Waals surface area (Å²) in [4.78, 5) is 0. The Labute approximate surface area is 158 Å². The highest BCUT2D eigenvalue weighted by atomic mass is 16.5. The SMILES string of the molecule is COc1ccc(C2(C)Cc3c(ccc4oc(-c5ccccc5)cc34)O2)cc1. The number of hydrogen-bond acceptors (Lipinski definition) is 3. The molecular formula is C24H20O3. The van der Waals surface area contributed by atoms with Gasteiger partial charge in [0.1, 0.15) is 28.4 Å². The van der Waals surface area contributed by atoms with Crippen LogP contribution in [0.2, 0.25) is 0 Å². The minimum Gasteiger partial charge on any atom is -0.497 e. The Bertz CT molecular complexity index is 1110. The standard InChI is InChI=1S/C24H20O3/c1-24(17-8-10-18(25-2)11-9-17)15-20-19-14-23(16-6-4-3-5-7-16)26-21(19)12-13-22(20)27-24/h3-14H,15H2,1-2H3. The van der Waals surface area contributed by atoms with Gasteiger partial charge in [0.25, 0.3) is 0 Å². The highest BCUT2D eigenvalue weighted by Crippen LogP contribution is 2.45. The Kier molecular flexibility index (Phi) is 3.51. The number of rotatable bonds is 3. The fourth-order valence-corrected chi connectivity index (χ4v) is 3.89. The van der Waals surface area contributed by atoms with Crippen molar-refractivity contribution in [3.8, 4) is 22.8 Å². The molecule has 3 heteroatoms. The van der Waals surface area contributed by atoms with Crippen LogP contribution >= 0.6 is 0 Å². The van der Waals surface area contributed by atoms with Gasteiger partial charge in [-0.15, -0.1) is 0 Å². The Hall–Kier alpha value is -3.20. The second-order valence-corrected chi connectivity index (χ2v) is 7.17. The molecule has 1 aliphatic rings. The minimum absolute atomic E-state index is 0.396. The Morgan fingerprint density at radius 3 is 2.44 bits per heavy atom. The van der Waals surface area contributed by atoms with Crippen molar-refractivity contribution in [3.63, 3.8) is 0 Å². The first-order chi connectivity index (χ1) is 13.2. The maximum absolute atomic E-state index is 6.39. The largest absolute Gasteiger partial charge is 0.497 e. The third-order valence-electron chi connectivity index (χ3n) is 5.38. The average Bonchev–Trinajstić information content (AvgIpc) is 3.30. The molecular weight excluding hydrogens is 336 g/mol. The lowest BCUT2D eigenvalue weighted by molar-refractivity contribution is 0.115. The highest BCUT2D eigenvalue weighted by Gasteiger charge is 2.38. The molecule has 3 aromatic carbocycles. The summed E-state index contributed by atoms with van der Waals surface area (Å²) >= 11 is 0. The summed E-state index contributed by atoms with van der Waals surface area (Å²) in [6, 6.07) is 24.5. The molecule has 0 saturated heterocycles. The number of hydrogen-bond donors (Lipinski definition) is 0. The van der Waals surface area contributed by atoms with Gasteiger partial charge in [-0.2, -0.15) is 0 Å². The molecule has 0 N–H and O–H groups in total. The van der Waals surface area contributed by atoms with Crippen LogP contribution in [0.15, 0.2) is 77.2 Å². The monoisotopic (exact) mass is 356 g/mol. The van der Waals surface area contributed by atoms with Gasteiger partial charge in [-0.05, 0) is 42.8 Å². The van der Waals surface area contributed by atoms with Crippen LogP contribution in [0.5, 0.6) is 11.5 Å². The molecule has 1 atom stereocenters. The normalized spacial score (nSPS) is 18.3. The topological polar surface area (TPSA) is 31.6 Å². The van der Waals surface area contributed by atoms with E-state index in [0.717, 1.165) is 45.8 Å². The molecule has 0 spiro atoms. The Balaban J connectivity index is 1.56. The third kappa shape index (κ3) is 2.58. The van der Waals surface area contributed by atoms with E-state index in [-0.39, 0.29) is 0 Å². The van der Waals surface area contributed by atoms with Crippen LogP contribution in [0, 0.1) is 0 Å². The third-order valence-corrected chi connectivity index (χ3v) is 5.38. The first kappa shape index (κ1) is 16.0. The van der Waals surface area contributed by atoms with Crippen LogP contribution in [0.4, 0.5) is 0 Å². The summed E-state index contributed by atoms with van der Waals surface area (Å²) in [7, 11) is 1.68. The maximum Gasteiger partial charge on any atom is 0.135 e. The molecule has 4 aromatic rings. The molecule has 0 radical (unpaired) electrons. The van der Waals surface area contributed by atoms with E-state index in [0.29, 0.717) is 0 Å². The van der Waals surface area contributed by atoms with E-state index >= 15 is 0 Å². The van der Waals surface area contributed by atoms with Crippen molar-refractivity contribution in [2.45, 2.75) is 18.9 Å². The van der Waals surface area contributed by atoms with Crippen LogP contribution in [0.1, 0.15) is 18.1 Å². The molecule has 27 heavy (non-hydrogen) atoms. The van der Waals surface area contributed by atoms with E-state index in [1.165, 1.54) is 5.56 Å². The summed E-state index contributed by atoms with van der Waals surface area (Å²) in [5, 5.41) is 1.13. The number of furan rings is 1. The summed E-state index contributed by atoms with van der Waals surface area (Å²) in [5.41, 5.74) is 3.93. The van der Waals surface area contributed by atoms with Crippen molar-refractivity contribution in [1.82, 2.24) is 0 Å². The Morgan fingerprint density at radius 2 is 1.70 bits per heavy atom. The minimum atomic E-state index is -0.396. The zero-order valence-electron chi connectivity index (χ0n) is 15.4.